The summed E-state index contributed by atoms with van der Waals surface area (Å²) in [6.07, 6.45) is 4.18. The SMILES string of the molecule is CO.COC(=O)[C@@H](C)C1CCCc2ccc(OCc3ccc(Br)c(CC(C)(C)C)c3)cc21. The number of hydrogen-bond donors (Lipinski definition) is 1. The van der Waals surface area contributed by atoms with Crippen molar-refractivity contribution in [1.29, 1.82) is 0 Å². The van der Waals surface area contributed by atoms with Crippen LogP contribution in [0, 0.1) is 11.3 Å². The van der Waals surface area contributed by atoms with Crippen LogP contribution in [0.1, 0.15) is 68.7 Å². The van der Waals surface area contributed by atoms with Crippen LogP contribution in [0.4, 0.5) is 0 Å². The number of carbonyl (C=O) groups excluding carboxylic acids is 1. The molecule has 176 valence electrons. The first kappa shape index (κ1) is 26.4. The van der Waals surface area contributed by atoms with Crippen LogP contribution < -0.4 is 4.74 Å². The summed E-state index contributed by atoms with van der Waals surface area (Å²) in [6, 6.07) is 12.8. The molecule has 0 amide bonds. The number of esters is 1. The third kappa shape index (κ3) is 7.08. The highest BCUT2D eigenvalue weighted by Gasteiger charge is 2.30. The van der Waals surface area contributed by atoms with Crippen LogP contribution in [0.2, 0.25) is 0 Å². The lowest BCUT2D eigenvalue weighted by Crippen LogP contribution is -2.24. The van der Waals surface area contributed by atoms with Gasteiger partial charge in [0.05, 0.1) is 13.0 Å². The highest BCUT2D eigenvalue weighted by atomic mass is 79.9. The molecule has 0 bridgehead atoms. The Morgan fingerprint density at radius 1 is 1.19 bits per heavy atom. The number of rotatable bonds is 6. The van der Waals surface area contributed by atoms with Crippen molar-refractivity contribution in [1.82, 2.24) is 0 Å². The smallest absolute Gasteiger partial charge is 0.308 e. The predicted octanol–water partition coefficient (Wildman–Crippen LogP) is 6.45. The number of ether oxygens (including phenoxy) is 2. The lowest BCUT2D eigenvalue weighted by Gasteiger charge is -2.29. The fraction of sp³-hybridized carbons (Fsp3) is 0.519. The van der Waals surface area contributed by atoms with Gasteiger partial charge in [-0.05, 0) is 77.5 Å². The van der Waals surface area contributed by atoms with E-state index in [1.807, 2.05) is 6.92 Å². The Morgan fingerprint density at radius 2 is 1.91 bits per heavy atom. The van der Waals surface area contributed by atoms with Gasteiger partial charge in [0.25, 0.3) is 0 Å². The number of aliphatic hydroxyl groups is 1. The highest BCUT2D eigenvalue weighted by Crippen LogP contribution is 2.39. The first-order chi connectivity index (χ1) is 15.2. The molecule has 0 aliphatic heterocycles. The van der Waals surface area contributed by atoms with Gasteiger partial charge in [-0.3, -0.25) is 4.79 Å². The molecule has 1 aliphatic carbocycles. The zero-order valence-corrected chi connectivity index (χ0v) is 21.8. The summed E-state index contributed by atoms with van der Waals surface area (Å²) in [5, 5.41) is 7.00. The van der Waals surface area contributed by atoms with E-state index >= 15 is 0 Å². The van der Waals surface area contributed by atoms with E-state index < -0.39 is 0 Å². The molecule has 4 nitrogen and oxygen atoms in total. The van der Waals surface area contributed by atoms with Crippen LogP contribution >= 0.6 is 15.9 Å². The van der Waals surface area contributed by atoms with E-state index in [1.165, 1.54) is 23.8 Å². The molecule has 0 fully saturated rings. The second-order valence-corrected chi connectivity index (χ2v) is 10.5. The molecule has 2 aromatic rings. The lowest BCUT2D eigenvalue weighted by atomic mass is 9.76. The van der Waals surface area contributed by atoms with Gasteiger partial charge in [-0.15, -0.1) is 0 Å². The molecule has 5 heteroatoms. The van der Waals surface area contributed by atoms with Crippen molar-refractivity contribution < 1.29 is 19.4 Å². The summed E-state index contributed by atoms with van der Waals surface area (Å²) in [7, 11) is 2.47. The van der Waals surface area contributed by atoms with Crippen molar-refractivity contribution in [2.75, 3.05) is 14.2 Å². The van der Waals surface area contributed by atoms with E-state index in [0.29, 0.717) is 6.61 Å². The molecule has 0 saturated heterocycles. The summed E-state index contributed by atoms with van der Waals surface area (Å²) < 4.78 is 12.3. The van der Waals surface area contributed by atoms with Gasteiger partial charge in [0.15, 0.2) is 0 Å². The number of halogens is 1. The van der Waals surface area contributed by atoms with E-state index in [0.717, 1.165) is 48.6 Å². The standard InChI is InChI=1S/C26H33BrO3.CH4O/c1-17(25(28)29-5)22-8-6-7-19-10-11-21(14-23(19)22)30-16-18-9-12-24(27)20(13-18)15-26(2,3)4;1-2/h9-14,17,22H,6-8,15-16H2,1-5H3;2H,1H3/t17-,22?;/m0./s1. The van der Waals surface area contributed by atoms with Gasteiger partial charge in [-0.25, -0.2) is 0 Å². The average molecular weight is 505 g/mol. The van der Waals surface area contributed by atoms with Crippen LogP contribution in [-0.4, -0.2) is 25.3 Å². The molecule has 1 N–H and O–H groups in total. The summed E-state index contributed by atoms with van der Waals surface area (Å²) in [5.74, 6) is 0.768. The second kappa shape index (κ2) is 11.9. The third-order valence-electron chi connectivity index (χ3n) is 5.89. The fourth-order valence-corrected chi connectivity index (χ4v) is 4.75. The third-order valence-corrected chi connectivity index (χ3v) is 6.66. The Morgan fingerprint density at radius 3 is 2.56 bits per heavy atom. The number of carbonyl (C=O) groups is 1. The normalized spacial score (nSPS) is 16.3. The summed E-state index contributed by atoms with van der Waals surface area (Å²) >= 11 is 3.68. The first-order valence-corrected chi connectivity index (χ1v) is 12.0. The van der Waals surface area contributed by atoms with Crippen LogP contribution in [0.5, 0.6) is 5.75 Å². The van der Waals surface area contributed by atoms with Gasteiger partial charge in [-0.1, -0.05) is 61.8 Å². The maximum Gasteiger partial charge on any atom is 0.308 e. The predicted molar refractivity (Wildman–Crippen MR) is 133 cm³/mol. The van der Waals surface area contributed by atoms with E-state index in [-0.39, 0.29) is 23.2 Å². The molecule has 2 aromatic carbocycles. The molecule has 1 unspecified atom stereocenters. The average Bonchev–Trinajstić information content (AvgIpc) is 2.78. The van der Waals surface area contributed by atoms with Crippen molar-refractivity contribution in [2.45, 2.75) is 65.9 Å². The molecular weight excluding hydrogens is 468 g/mol. The second-order valence-electron chi connectivity index (χ2n) is 9.62. The zero-order valence-electron chi connectivity index (χ0n) is 20.2. The largest absolute Gasteiger partial charge is 0.489 e. The van der Waals surface area contributed by atoms with Gasteiger partial charge in [0.2, 0.25) is 0 Å². The summed E-state index contributed by atoms with van der Waals surface area (Å²) in [6.45, 7) is 9.25. The van der Waals surface area contributed by atoms with Crippen molar-refractivity contribution in [3.63, 3.8) is 0 Å². The lowest BCUT2D eigenvalue weighted by molar-refractivity contribution is -0.145. The Hall–Kier alpha value is -1.85. The van der Waals surface area contributed by atoms with E-state index in [1.54, 1.807) is 0 Å². The molecule has 0 aromatic heterocycles. The minimum absolute atomic E-state index is 0.139. The van der Waals surface area contributed by atoms with E-state index in [9.17, 15) is 4.79 Å². The van der Waals surface area contributed by atoms with Crippen LogP contribution in [0.3, 0.4) is 0 Å². The quantitative estimate of drug-likeness (QED) is 0.458. The summed E-state index contributed by atoms with van der Waals surface area (Å²) in [5.41, 5.74) is 5.26. The molecule has 1 aliphatic rings. The molecule has 32 heavy (non-hydrogen) atoms. The number of aryl methyl sites for hydroxylation is 1. The van der Waals surface area contributed by atoms with Crippen LogP contribution in [-0.2, 0) is 29.0 Å². The van der Waals surface area contributed by atoms with Crippen molar-refractivity contribution in [3.05, 3.63) is 63.1 Å². The fourth-order valence-electron chi connectivity index (χ4n) is 4.36. The minimum Gasteiger partial charge on any atom is -0.489 e. The minimum atomic E-state index is -0.143. The van der Waals surface area contributed by atoms with Crippen LogP contribution in [0.25, 0.3) is 0 Å². The Kier molecular flexibility index (Phi) is 9.78. The number of hydrogen-bond acceptors (Lipinski definition) is 4. The Bertz CT molecular complexity index is 901. The molecule has 0 heterocycles. The number of methoxy groups -OCH3 is 1. The number of fused-ring (bicyclic) bond motifs is 1. The summed E-state index contributed by atoms with van der Waals surface area (Å²) in [4.78, 5) is 12.1. The monoisotopic (exact) mass is 504 g/mol. The van der Waals surface area contributed by atoms with Crippen molar-refractivity contribution in [2.24, 2.45) is 11.3 Å². The van der Waals surface area contributed by atoms with Gasteiger partial charge in [0.1, 0.15) is 12.4 Å². The maximum absolute atomic E-state index is 12.1. The maximum atomic E-state index is 12.1. The molecule has 0 saturated carbocycles. The van der Waals surface area contributed by atoms with Gasteiger partial charge in [-0.2, -0.15) is 0 Å². The highest BCUT2D eigenvalue weighted by molar-refractivity contribution is 9.10. The Labute approximate surface area is 201 Å². The van der Waals surface area contributed by atoms with Crippen molar-refractivity contribution >= 4 is 21.9 Å². The van der Waals surface area contributed by atoms with Crippen molar-refractivity contribution in [3.8, 4) is 5.75 Å². The van der Waals surface area contributed by atoms with Gasteiger partial charge < -0.3 is 14.6 Å². The molecule has 0 radical (unpaired) electrons. The Balaban J connectivity index is 0.00000176. The first-order valence-electron chi connectivity index (χ1n) is 11.2. The van der Waals surface area contributed by atoms with E-state index in [4.69, 9.17) is 14.6 Å². The van der Waals surface area contributed by atoms with E-state index in [2.05, 4.69) is 73.1 Å². The number of benzene rings is 2. The molecule has 0 spiro atoms. The molecular formula is C27H37BrO4. The number of aliphatic hydroxyl groups excluding tert-OH is 1. The van der Waals surface area contributed by atoms with Gasteiger partial charge >= 0.3 is 5.97 Å². The topological polar surface area (TPSA) is 55.8 Å². The zero-order chi connectivity index (χ0) is 23.9. The van der Waals surface area contributed by atoms with Crippen LogP contribution in [0.15, 0.2) is 40.9 Å². The molecule has 2 atom stereocenters. The molecule has 3 rings (SSSR count). The van der Waals surface area contributed by atoms with Gasteiger partial charge in [0, 0.05) is 11.6 Å².